The molecule has 0 radical (unpaired) electrons. The van der Waals surface area contributed by atoms with Crippen LogP contribution in [0.15, 0.2) is 51.1 Å². The second-order valence-electron chi connectivity index (χ2n) is 6.45. The minimum absolute atomic E-state index is 0.0194. The molecule has 0 saturated heterocycles. The van der Waals surface area contributed by atoms with Crippen LogP contribution in [0.2, 0.25) is 5.02 Å². The summed E-state index contributed by atoms with van der Waals surface area (Å²) in [7, 11) is 0. The number of hydrogen-bond donors (Lipinski definition) is 1. The van der Waals surface area contributed by atoms with Gasteiger partial charge in [0.2, 0.25) is 5.75 Å². The predicted octanol–water partition coefficient (Wildman–Crippen LogP) is 2.46. The van der Waals surface area contributed by atoms with E-state index < -0.39 is 33.9 Å². The highest BCUT2D eigenvalue weighted by Gasteiger charge is 2.25. The second kappa shape index (κ2) is 9.43. The van der Waals surface area contributed by atoms with Crippen LogP contribution < -0.4 is 16.0 Å². The van der Waals surface area contributed by atoms with Crippen molar-refractivity contribution in [3.05, 3.63) is 77.9 Å². The number of rotatable bonds is 7. The maximum atomic E-state index is 12.6. The van der Waals surface area contributed by atoms with E-state index in [1.807, 2.05) is 0 Å². The molecule has 3 aromatic rings. The highest BCUT2D eigenvalue weighted by molar-refractivity contribution is 6.31. The van der Waals surface area contributed by atoms with Crippen molar-refractivity contribution in [3.63, 3.8) is 0 Å². The smallest absolute Gasteiger partial charge is 0.349 e. The van der Waals surface area contributed by atoms with Gasteiger partial charge in [-0.2, -0.15) is 5.10 Å². The quantitative estimate of drug-likeness (QED) is 0.246. The van der Waals surface area contributed by atoms with E-state index in [2.05, 4.69) is 10.1 Å². The number of nitrogens with one attached hydrogen (secondary N) is 1. The highest BCUT2D eigenvalue weighted by Crippen LogP contribution is 2.34. The zero-order chi connectivity index (χ0) is 23.4. The van der Waals surface area contributed by atoms with Crippen molar-refractivity contribution in [2.45, 2.75) is 20.0 Å². The van der Waals surface area contributed by atoms with Gasteiger partial charge in [-0.15, -0.1) is 4.68 Å². The number of nitro benzene ring substituents is 1. The van der Waals surface area contributed by atoms with E-state index in [-0.39, 0.29) is 28.3 Å². The van der Waals surface area contributed by atoms with Gasteiger partial charge >= 0.3 is 17.3 Å². The van der Waals surface area contributed by atoms with Crippen molar-refractivity contribution >= 4 is 40.4 Å². The number of carbonyl (C=O) groups excluding carboxylic acids is 1. The van der Waals surface area contributed by atoms with Crippen LogP contribution in [0.1, 0.15) is 19.4 Å². The number of esters is 1. The number of fused-ring (bicyclic) bond motifs is 1. The number of carbonyl (C=O) groups is 1. The number of para-hydroxylation sites is 1. The van der Waals surface area contributed by atoms with Gasteiger partial charge in [0.25, 0.3) is 5.56 Å². The number of aromatic amines is 1. The van der Waals surface area contributed by atoms with E-state index in [0.29, 0.717) is 10.2 Å². The van der Waals surface area contributed by atoms with Crippen LogP contribution in [0.3, 0.4) is 0 Å². The standard InChI is InChI=1S/C20H17ClN4O7/c1-3-31-19(27)11(2)32-17-12(8-13(21)9-16(17)25(29)30)10-22-24-18(26)14-6-4-5-7-15(14)23-20(24)28/h4-11H,3H2,1-2H3,(H,23,28)/t11-/m0/s1. The van der Waals surface area contributed by atoms with Gasteiger partial charge in [-0.05, 0) is 32.0 Å². The maximum absolute atomic E-state index is 12.6. The Morgan fingerprint density at radius 1 is 1.34 bits per heavy atom. The van der Waals surface area contributed by atoms with Crippen molar-refractivity contribution in [1.29, 1.82) is 0 Å². The first-order chi connectivity index (χ1) is 15.2. The minimum atomic E-state index is -1.19. The average Bonchev–Trinajstić information content (AvgIpc) is 2.74. The molecule has 0 unspecified atom stereocenters. The monoisotopic (exact) mass is 460 g/mol. The molecule has 1 heterocycles. The Morgan fingerprint density at radius 3 is 2.75 bits per heavy atom. The van der Waals surface area contributed by atoms with Crippen molar-refractivity contribution in [3.8, 4) is 5.75 Å². The van der Waals surface area contributed by atoms with Crippen LogP contribution in [-0.2, 0) is 9.53 Å². The Morgan fingerprint density at radius 2 is 2.06 bits per heavy atom. The van der Waals surface area contributed by atoms with Gasteiger partial charge in [-0.25, -0.2) is 9.59 Å². The first-order valence-electron chi connectivity index (χ1n) is 9.32. The third-order valence-electron chi connectivity index (χ3n) is 4.27. The number of H-pyrrole nitrogens is 1. The summed E-state index contributed by atoms with van der Waals surface area (Å²) in [4.78, 5) is 50.2. The molecule has 3 rings (SSSR count). The van der Waals surface area contributed by atoms with Crippen LogP contribution in [-0.4, -0.2) is 39.5 Å². The van der Waals surface area contributed by atoms with Crippen LogP contribution in [0.25, 0.3) is 10.9 Å². The summed E-state index contributed by atoms with van der Waals surface area (Å²) in [6.07, 6.45) is -0.175. The second-order valence-corrected chi connectivity index (χ2v) is 6.89. The molecule has 1 N–H and O–H groups in total. The number of ether oxygens (including phenoxy) is 2. The Hall–Kier alpha value is -3.99. The van der Waals surface area contributed by atoms with Crippen LogP contribution >= 0.6 is 11.6 Å². The third-order valence-corrected chi connectivity index (χ3v) is 4.49. The predicted molar refractivity (Wildman–Crippen MR) is 117 cm³/mol. The Kier molecular flexibility index (Phi) is 6.69. The van der Waals surface area contributed by atoms with Crippen molar-refractivity contribution in [2.75, 3.05) is 6.61 Å². The fraction of sp³-hybridized carbons (Fsp3) is 0.200. The zero-order valence-electron chi connectivity index (χ0n) is 16.9. The molecule has 1 atom stereocenters. The first kappa shape index (κ1) is 22.7. The molecule has 12 heteroatoms. The largest absolute Gasteiger partial charge is 0.471 e. The van der Waals surface area contributed by atoms with Gasteiger partial charge < -0.3 is 14.5 Å². The average molecular weight is 461 g/mol. The number of benzene rings is 2. The van der Waals surface area contributed by atoms with Gasteiger partial charge in [0.1, 0.15) is 0 Å². The molecule has 0 fully saturated rings. The van der Waals surface area contributed by atoms with Gasteiger partial charge in [-0.1, -0.05) is 23.7 Å². The summed E-state index contributed by atoms with van der Waals surface area (Å²) < 4.78 is 10.9. The fourth-order valence-electron chi connectivity index (χ4n) is 2.82. The lowest BCUT2D eigenvalue weighted by Crippen LogP contribution is -2.32. The molecule has 166 valence electrons. The van der Waals surface area contributed by atoms with E-state index >= 15 is 0 Å². The molecule has 32 heavy (non-hydrogen) atoms. The zero-order valence-corrected chi connectivity index (χ0v) is 17.7. The Balaban J connectivity index is 2.12. The number of hydrogen-bond acceptors (Lipinski definition) is 8. The highest BCUT2D eigenvalue weighted by atomic mass is 35.5. The molecule has 1 aromatic heterocycles. The summed E-state index contributed by atoms with van der Waals surface area (Å²) in [5, 5.41) is 15.6. The lowest BCUT2D eigenvalue weighted by Gasteiger charge is -2.15. The van der Waals surface area contributed by atoms with Crippen molar-refractivity contribution < 1.29 is 19.2 Å². The topological polar surface area (TPSA) is 146 Å². The van der Waals surface area contributed by atoms with E-state index in [0.717, 1.165) is 12.3 Å². The Bertz CT molecular complexity index is 1350. The van der Waals surface area contributed by atoms with Crippen LogP contribution in [0, 0.1) is 10.1 Å². The fourth-order valence-corrected chi connectivity index (χ4v) is 3.04. The lowest BCUT2D eigenvalue weighted by molar-refractivity contribution is -0.386. The molecule has 0 saturated carbocycles. The van der Waals surface area contributed by atoms with E-state index in [4.69, 9.17) is 21.1 Å². The molecule has 0 aliphatic rings. The van der Waals surface area contributed by atoms with Gasteiger partial charge in [0.05, 0.1) is 28.6 Å². The number of nitro groups is 1. The molecule has 0 bridgehead atoms. The molecule has 11 nitrogen and oxygen atoms in total. The van der Waals surface area contributed by atoms with E-state index in [9.17, 15) is 24.5 Å². The molecule has 0 aliphatic heterocycles. The van der Waals surface area contributed by atoms with Gasteiger partial charge in [0.15, 0.2) is 6.10 Å². The van der Waals surface area contributed by atoms with Gasteiger partial charge in [0, 0.05) is 16.7 Å². The lowest BCUT2D eigenvalue weighted by atomic mass is 10.2. The molecular weight excluding hydrogens is 444 g/mol. The molecule has 0 aliphatic carbocycles. The maximum Gasteiger partial charge on any atom is 0.349 e. The number of nitrogens with zero attached hydrogens (tertiary/aromatic N) is 3. The van der Waals surface area contributed by atoms with Crippen molar-refractivity contribution in [2.24, 2.45) is 5.10 Å². The normalized spacial score (nSPS) is 12.1. The number of halogens is 1. The van der Waals surface area contributed by atoms with E-state index in [1.54, 1.807) is 25.1 Å². The number of aromatic nitrogens is 2. The minimum Gasteiger partial charge on any atom is -0.471 e. The summed E-state index contributed by atoms with van der Waals surface area (Å²) in [5.41, 5.74) is -1.74. The summed E-state index contributed by atoms with van der Waals surface area (Å²) in [6.45, 7) is 3.05. The summed E-state index contributed by atoms with van der Waals surface area (Å²) in [6, 6.07) is 8.69. The molecule has 2 aromatic carbocycles. The van der Waals surface area contributed by atoms with E-state index in [1.165, 1.54) is 19.1 Å². The molecule has 0 amide bonds. The van der Waals surface area contributed by atoms with Crippen LogP contribution in [0.4, 0.5) is 5.69 Å². The first-order valence-corrected chi connectivity index (χ1v) is 9.70. The molecular formula is C20H17ClN4O7. The SMILES string of the molecule is CCOC(=O)[C@H](C)Oc1c(C=Nn2c(=O)[nH]c3ccccc3c2=O)cc(Cl)cc1[N+](=O)[O-]. The van der Waals surface area contributed by atoms with Crippen LogP contribution in [0.5, 0.6) is 5.75 Å². The summed E-state index contributed by atoms with van der Waals surface area (Å²) >= 11 is 5.99. The van der Waals surface area contributed by atoms with Crippen molar-refractivity contribution in [1.82, 2.24) is 9.66 Å². The molecule has 0 spiro atoms. The third kappa shape index (κ3) is 4.67. The Labute approximate surface area is 185 Å². The van der Waals surface area contributed by atoms with Gasteiger partial charge in [-0.3, -0.25) is 14.9 Å². The summed E-state index contributed by atoms with van der Waals surface area (Å²) in [5.74, 6) is -1.06.